The molecule has 2 aromatic rings. The molecule has 0 aliphatic carbocycles. The van der Waals surface area contributed by atoms with Crippen LogP contribution in [0.4, 0.5) is 19.0 Å². The first-order valence-corrected chi connectivity index (χ1v) is 3.91. The van der Waals surface area contributed by atoms with Gasteiger partial charge in [0.05, 0.1) is 0 Å². The summed E-state index contributed by atoms with van der Waals surface area (Å²) in [5.41, 5.74) is 2.48. The molecule has 5 nitrogen and oxygen atoms in total. The van der Waals surface area contributed by atoms with Gasteiger partial charge in [0, 0.05) is 6.20 Å². The fourth-order valence-corrected chi connectivity index (χ4v) is 1.16. The second-order valence-electron chi connectivity index (χ2n) is 2.76. The van der Waals surface area contributed by atoms with E-state index in [4.69, 9.17) is 5.84 Å². The van der Waals surface area contributed by atoms with E-state index in [0.717, 1.165) is 4.52 Å². The van der Waals surface area contributed by atoms with Gasteiger partial charge in [-0.3, -0.25) is 0 Å². The molecule has 0 unspecified atom stereocenters. The zero-order valence-corrected chi connectivity index (χ0v) is 7.28. The van der Waals surface area contributed by atoms with E-state index in [1.54, 1.807) is 12.1 Å². The van der Waals surface area contributed by atoms with Gasteiger partial charge in [-0.25, -0.2) is 15.3 Å². The van der Waals surface area contributed by atoms with Crippen LogP contribution in [0.25, 0.3) is 5.52 Å². The maximum atomic E-state index is 12.3. The number of hydrazine groups is 1. The molecule has 8 heteroatoms. The van der Waals surface area contributed by atoms with Crippen molar-refractivity contribution in [1.29, 1.82) is 0 Å². The van der Waals surface area contributed by atoms with Crippen molar-refractivity contribution in [3.8, 4) is 0 Å². The van der Waals surface area contributed by atoms with Crippen LogP contribution in [-0.2, 0) is 6.18 Å². The molecule has 0 aliphatic rings. The van der Waals surface area contributed by atoms with Crippen molar-refractivity contribution in [2.75, 3.05) is 5.43 Å². The van der Waals surface area contributed by atoms with Crippen molar-refractivity contribution in [2.24, 2.45) is 5.84 Å². The highest BCUT2D eigenvalue weighted by molar-refractivity contribution is 5.66. The van der Waals surface area contributed by atoms with Crippen LogP contribution in [0, 0.1) is 0 Å². The largest absolute Gasteiger partial charge is 0.453 e. The minimum atomic E-state index is -4.59. The first-order valence-electron chi connectivity index (χ1n) is 3.91. The number of anilines is 1. The Labute approximate surface area is 81.7 Å². The molecule has 0 fully saturated rings. The number of nitrogens with zero attached hydrogens (tertiary/aromatic N) is 3. The predicted molar refractivity (Wildman–Crippen MR) is 45.8 cm³/mol. The van der Waals surface area contributed by atoms with Crippen LogP contribution >= 0.6 is 0 Å². The SMILES string of the molecule is NNc1nc(C(F)(F)F)nn2cccc12. The van der Waals surface area contributed by atoms with Crippen LogP contribution in [0.5, 0.6) is 0 Å². The van der Waals surface area contributed by atoms with Gasteiger partial charge in [0.25, 0.3) is 5.82 Å². The number of aromatic nitrogens is 3. The Balaban J connectivity index is 2.69. The summed E-state index contributed by atoms with van der Waals surface area (Å²) in [6, 6.07) is 3.10. The van der Waals surface area contributed by atoms with E-state index in [0.29, 0.717) is 5.52 Å². The van der Waals surface area contributed by atoms with Crippen molar-refractivity contribution in [2.45, 2.75) is 6.18 Å². The van der Waals surface area contributed by atoms with Crippen molar-refractivity contribution < 1.29 is 13.2 Å². The third kappa shape index (κ3) is 1.59. The maximum absolute atomic E-state index is 12.3. The highest BCUT2D eigenvalue weighted by Crippen LogP contribution is 2.27. The predicted octanol–water partition coefficient (Wildman–Crippen LogP) is 1.03. The quantitative estimate of drug-likeness (QED) is 0.553. The fourth-order valence-electron chi connectivity index (χ4n) is 1.16. The Bertz CT molecular complexity index is 489. The number of halogens is 3. The Morgan fingerprint density at radius 3 is 2.73 bits per heavy atom. The lowest BCUT2D eigenvalue weighted by Crippen LogP contribution is -2.18. The molecular formula is C7H6F3N5. The van der Waals surface area contributed by atoms with Crippen LogP contribution in [0.1, 0.15) is 5.82 Å². The molecule has 0 saturated carbocycles. The molecule has 2 aromatic heterocycles. The number of fused-ring (bicyclic) bond motifs is 1. The van der Waals surface area contributed by atoms with Crippen molar-refractivity contribution in [1.82, 2.24) is 14.6 Å². The second-order valence-corrected chi connectivity index (χ2v) is 2.76. The van der Waals surface area contributed by atoms with Crippen molar-refractivity contribution in [3.05, 3.63) is 24.2 Å². The van der Waals surface area contributed by atoms with E-state index >= 15 is 0 Å². The monoisotopic (exact) mass is 217 g/mol. The summed E-state index contributed by atoms with van der Waals surface area (Å²) < 4.78 is 38.1. The summed E-state index contributed by atoms with van der Waals surface area (Å²) in [4.78, 5) is 3.27. The van der Waals surface area contributed by atoms with Crippen LogP contribution in [-0.4, -0.2) is 14.6 Å². The van der Waals surface area contributed by atoms with Gasteiger partial charge in [0.2, 0.25) is 0 Å². The van der Waals surface area contributed by atoms with E-state index < -0.39 is 12.0 Å². The topological polar surface area (TPSA) is 68.2 Å². The van der Waals surface area contributed by atoms with Gasteiger partial charge in [-0.1, -0.05) is 0 Å². The first kappa shape index (κ1) is 9.71. The standard InChI is InChI=1S/C7H6F3N5/c8-7(9,10)6-12-5(13-11)4-2-1-3-15(4)14-6/h1-3H,11H2,(H,12,13,14). The molecular weight excluding hydrogens is 211 g/mol. The number of nitrogens with one attached hydrogen (secondary N) is 1. The summed E-state index contributed by atoms with van der Waals surface area (Å²) in [5, 5.41) is 3.30. The lowest BCUT2D eigenvalue weighted by Gasteiger charge is -2.08. The highest BCUT2D eigenvalue weighted by atomic mass is 19.4. The Kier molecular flexibility index (Phi) is 2.00. The van der Waals surface area contributed by atoms with Crippen LogP contribution in [0.2, 0.25) is 0 Å². The van der Waals surface area contributed by atoms with E-state index in [9.17, 15) is 13.2 Å². The normalized spacial score (nSPS) is 12.0. The Hall–Kier alpha value is -1.83. The Morgan fingerprint density at radius 2 is 2.13 bits per heavy atom. The minimum Gasteiger partial charge on any atom is -0.307 e. The molecule has 0 bridgehead atoms. The first-order chi connectivity index (χ1) is 7.02. The average Bonchev–Trinajstić information content (AvgIpc) is 2.62. The summed E-state index contributed by atoms with van der Waals surface area (Å²) in [6.45, 7) is 0. The van der Waals surface area contributed by atoms with E-state index in [1.807, 2.05) is 0 Å². The zero-order chi connectivity index (χ0) is 11.1. The molecule has 0 aliphatic heterocycles. The Morgan fingerprint density at radius 1 is 1.40 bits per heavy atom. The fraction of sp³-hybridized carbons (Fsp3) is 0.143. The van der Waals surface area contributed by atoms with E-state index in [2.05, 4.69) is 15.5 Å². The second kappa shape index (κ2) is 3.09. The van der Waals surface area contributed by atoms with Crippen LogP contribution in [0.15, 0.2) is 18.3 Å². The molecule has 0 amide bonds. The zero-order valence-electron chi connectivity index (χ0n) is 7.28. The molecule has 80 valence electrons. The van der Waals surface area contributed by atoms with Gasteiger partial charge in [-0.05, 0) is 12.1 Å². The van der Waals surface area contributed by atoms with Gasteiger partial charge in [0.15, 0.2) is 5.82 Å². The van der Waals surface area contributed by atoms with Crippen LogP contribution < -0.4 is 11.3 Å². The molecule has 0 spiro atoms. The van der Waals surface area contributed by atoms with Gasteiger partial charge in [0.1, 0.15) is 5.52 Å². The number of nitrogen functional groups attached to an aromatic ring is 1. The number of rotatable bonds is 1. The smallest absolute Gasteiger partial charge is 0.307 e. The van der Waals surface area contributed by atoms with E-state index in [1.165, 1.54) is 6.20 Å². The molecule has 0 atom stereocenters. The van der Waals surface area contributed by atoms with E-state index in [-0.39, 0.29) is 5.82 Å². The highest BCUT2D eigenvalue weighted by Gasteiger charge is 2.36. The summed E-state index contributed by atoms with van der Waals surface area (Å²) in [6.07, 6.45) is -3.21. The third-order valence-electron chi connectivity index (χ3n) is 1.78. The maximum Gasteiger partial charge on any atom is 0.453 e. The third-order valence-corrected chi connectivity index (χ3v) is 1.78. The molecule has 3 N–H and O–H groups in total. The minimum absolute atomic E-state index is 0.0673. The summed E-state index contributed by atoms with van der Waals surface area (Å²) in [5.74, 6) is 3.76. The number of alkyl halides is 3. The average molecular weight is 217 g/mol. The van der Waals surface area contributed by atoms with Gasteiger partial charge in [-0.2, -0.15) is 13.2 Å². The number of nitrogens with two attached hydrogens (primary N) is 1. The van der Waals surface area contributed by atoms with Gasteiger partial charge >= 0.3 is 6.18 Å². The summed E-state index contributed by atoms with van der Waals surface area (Å²) in [7, 11) is 0. The molecule has 0 radical (unpaired) electrons. The lowest BCUT2D eigenvalue weighted by molar-refractivity contribution is -0.145. The number of hydrogen-bond donors (Lipinski definition) is 2. The lowest BCUT2D eigenvalue weighted by atomic mass is 10.5. The molecule has 2 heterocycles. The molecule has 15 heavy (non-hydrogen) atoms. The number of hydrogen-bond acceptors (Lipinski definition) is 4. The summed E-state index contributed by atoms with van der Waals surface area (Å²) >= 11 is 0. The van der Waals surface area contributed by atoms with Crippen molar-refractivity contribution in [3.63, 3.8) is 0 Å². The molecule has 0 aromatic carbocycles. The van der Waals surface area contributed by atoms with Crippen LogP contribution in [0.3, 0.4) is 0 Å². The molecule has 0 saturated heterocycles. The van der Waals surface area contributed by atoms with Crippen molar-refractivity contribution >= 4 is 11.3 Å². The van der Waals surface area contributed by atoms with Gasteiger partial charge in [-0.15, -0.1) is 5.10 Å². The molecule has 2 rings (SSSR count). The van der Waals surface area contributed by atoms with Gasteiger partial charge < -0.3 is 5.43 Å².